The Balaban J connectivity index is 2.53. The zero-order valence-corrected chi connectivity index (χ0v) is 9.59. The Labute approximate surface area is 82.4 Å². The summed E-state index contributed by atoms with van der Waals surface area (Å²) < 4.78 is 6.32. The molecule has 1 aliphatic rings. The van der Waals surface area contributed by atoms with Crippen LogP contribution in [0.1, 0.15) is 20.8 Å². The summed E-state index contributed by atoms with van der Waals surface area (Å²) in [5.41, 5.74) is 0.315. The molecule has 3 heteroatoms. The summed E-state index contributed by atoms with van der Waals surface area (Å²) in [6.45, 7) is 8.54. The molecule has 0 atom stereocenters. The van der Waals surface area contributed by atoms with Crippen LogP contribution in [-0.2, 0) is 4.74 Å². The SMILES string of the molecule is CC(C)N(CI)C1(C)COC1. The first-order valence-electron chi connectivity index (χ1n) is 4.00. The van der Waals surface area contributed by atoms with Gasteiger partial charge in [0.05, 0.1) is 23.3 Å². The molecule has 0 N–H and O–H groups in total. The predicted molar refractivity (Wildman–Crippen MR) is 55.1 cm³/mol. The predicted octanol–water partition coefficient (Wildman–Crippen LogP) is 1.88. The molecule has 66 valence electrons. The molecule has 0 bridgehead atoms. The molecule has 0 aromatic carbocycles. The van der Waals surface area contributed by atoms with E-state index >= 15 is 0 Å². The summed E-state index contributed by atoms with van der Waals surface area (Å²) in [7, 11) is 0. The average molecular weight is 269 g/mol. The number of hydrogen-bond donors (Lipinski definition) is 0. The molecule has 1 aliphatic heterocycles. The van der Waals surface area contributed by atoms with Gasteiger partial charge in [-0.05, 0) is 20.8 Å². The van der Waals surface area contributed by atoms with Crippen molar-refractivity contribution < 1.29 is 4.74 Å². The fourth-order valence-electron chi connectivity index (χ4n) is 1.47. The van der Waals surface area contributed by atoms with Gasteiger partial charge in [-0.1, -0.05) is 22.6 Å². The van der Waals surface area contributed by atoms with Crippen LogP contribution in [0.4, 0.5) is 0 Å². The molecule has 0 aliphatic carbocycles. The van der Waals surface area contributed by atoms with Crippen molar-refractivity contribution in [2.24, 2.45) is 0 Å². The van der Waals surface area contributed by atoms with Crippen molar-refractivity contribution in [1.29, 1.82) is 0 Å². The first-order chi connectivity index (χ1) is 5.10. The Morgan fingerprint density at radius 2 is 2.09 bits per heavy atom. The second kappa shape index (κ2) is 3.58. The van der Waals surface area contributed by atoms with Gasteiger partial charge in [0.25, 0.3) is 0 Å². The molecular formula is C8H16INO. The van der Waals surface area contributed by atoms with Crippen LogP contribution in [0.3, 0.4) is 0 Å². The smallest absolute Gasteiger partial charge is 0.0671 e. The second-order valence-corrected chi connectivity index (χ2v) is 4.36. The summed E-state index contributed by atoms with van der Waals surface area (Å²) in [6, 6.07) is 0.626. The summed E-state index contributed by atoms with van der Waals surface area (Å²) in [6.07, 6.45) is 0. The van der Waals surface area contributed by atoms with Gasteiger partial charge in [-0.15, -0.1) is 0 Å². The van der Waals surface area contributed by atoms with Gasteiger partial charge in [0.15, 0.2) is 0 Å². The van der Waals surface area contributed by atoms with E-state index in [4.69, 9.17) is 4.74 Å². The van der Waals surface area contributed by atoms with E-state index in [0.29, 0.717) is 11.6 Å². The minimum Gasteiger partial charge on any atom is -0.377 e. The number of halogens is 1. The third-order valence-electron chi connectivity index (χ3n) is 2.27. The largest absolute Gasteiger partial charge is 0.377 e. The lowest BCUT2D eigenvalue weighted by Crippen LogP contribution is -2.61. The lowest BCUT2D eigenvalue weighted by Gasteiger charge is -2.48. The zero-order valence-electron chi connectivity index (χ0n) is 7.43. The maximum atomic E-state index is 5.23. The first-order valence-corrected chi connectivity index (χ1v) is 5.53. The van der Waals surface area contributed by atoms with Gasteiger partial charge >= 0.3 is 0 Å². The minimum atomic E-state index is 0.315. The van der Waals surface area contributed by atoms with E-state index < -0.39 is 0 Å². The van der Waals surface area contributed by atoms with Crippen LogP contribution in [-0.4, -0.2) is 34.2 Å². The summed E-state index contributed by atoms with van der Waals surface area (Å²) in [5, 5.41) is 0. The lowest BCUT2D eigenvalue weighted by molar-refractivity contribution is -0.132. The molecule has 0 saturated carbocycles. The van der Waals surface area contributed by atoms with Gasteiger partial charge in [0, 0.05) is 6.04 Å². The van der Waals surface area contributed by atoms with Crippen LogP contribution < -0.4 is 0 Å². The lowest BCUT2D eigenvalue weighted by atomic mass is 9.97. The van der Waals surface area contributed by atoms with Crippen molar-refractivity contribution in [3.05, 3.63) is 0 Å². The van der Waals surface area contributed by atoms with E-state index in [1.807, 2.05) is 0 Å². The van der Waals surface area contributed by atoms with E-state index in [9.17, 15) is 0 Å². The van der Waals surface area contributed by atoms with Crippen LogP contribution in [0.25, 0.3) is 0 Å². The minimum absolute atomic E-state index is 0.315. The Hall–Kier alpha value is 0.650. The quantitative estimate of drug-likeness (QED) is 0.440. The highest BCUT2D eigenvalue weighted by atomic mass is 127. The molecule has 2 nitrogen and oxygen atoms in total. The highest BCUT2D eigenvalue weighted by molar-refractivity contribution is 14.1. The van der Waals surface area contributed by atoms with E-state index in [1.165, 1.54) is 0 Å². The molecule has 1 rings (SSSR count). The zero-order chi connectivity index (χ0) is 8.48. The van der Waals surface area contributed by atoms with Gasteiger partial charge in [0.2, 0.25) is 0 Å². The molecule has 0 radical (unpaired) electrons. The van der Waals surface area contributed by atoms with Gasteiger partial charge in [-0.3, -0.25) is 4.90 Å². The molecule has 0 unspecified atom stereocenters. The number of rotatable bonds is 3. The average Bonchev–Trinajstić information content (AvgIpc) is 1.85. The molecule has 0 aromatic heterocycles. The van der Waals surface area contributed by atoms with Crippen molar-refractivity contribution in [3.8, 4) is 0 Å². The highest BCUT2D eigenvalue weighted by Crippen LogP contribution is 2.27. The topological polar surface area (TPSA) is 12.5 Å². The van der Waals surface area contributed by atoms with Crippen LogP contribution >= 0.6 is 22.6 Å². The van der Waals surface area contributed by atoms with Crippen molar-refractivity contribution >= 4 is 22.6 Å². The van der Waals surface area contributed by atoms with Gasteiger partial charge in [0.1, 0.15) is 0 Å². The number of nitrogens with zero attached hydrogens (tertiary/aromatic N) is 1. The van der Waals surface area contributed by atoms with Crippen molar-refractivity contribution in [1.82, 2.24) is 4.90 Å². The van der Waals surface area contributed by atoms with Crippen molar-refractivity contribution in [2.45, 2.75) is 32.4 Å². The second-order valence-electron chi connectivity index (χ2n) is 3.67. The molecule has 0 amide bonds. The normalized spacial score (nSPS) is 22.4. The molecular weight excluding hydrogens is 253 g/mol. The first kappa shape index (κ1) is 9.74. The Bertz CT molecular complexity index is 134. The number of alkyl halides is 1. The summed E-state index contributed by atoms with van der Waals surface area (Å²) >= 11 is 2.42. The third kappa shape index (κ3) is 1.87. The Kier molecular flexibility index (Phi) is 3.17. The van der Waals surface area contributed by atoms with Crippen LogP contribution in [0.5, 0.6) is 0 Å². The molecule has 1 heterocycles. The molecule has 1 saturated heterocycles. The fourth-order valence-corrected chi connectivity index (χ4v) is 3.08. The summed E-state index contributed by atoms with van der Waals surface area (Å²) in [5.74, 6) is 0. The third-order valence-corrected chi connectivity index (χ3v) is 3.01. The van der Waals surface area contributed by atoms with Gasteiger partial charge in [-0.2, -0.15) is 0 Å². The van der Waals surface area contributed by atoms with Crippen molar-refractivity contribution in [2.75, 3.05) is 17.8 Å². The number of hydrogen-bond acceptors (Lipinski definition) is 2. The molecule has 0 aromatic rings. The standard InChI is InChI=1S/C8H16INO/c1-7(2)10(6-9)8(3)4-11-5-8/h7H,4-6H2,1-3H3. The maximum absolute atomic E-state index is 5.23. The number of ether oxygens (including phenoxy) is 1. The molecule has 1 fully saturated rings. The van der Waals surface area contributed by atoms with Crippen LogP contribution in [0, 0.1) is 0 Å². The monoisotopic (exact) mass is 269 g/mol. The van der Waals surface area contributed by atoms with E-state index in [-0.39, 0.29) is 0 Å². The summed E-state index contributed by atoms with van der Waals surface area (Å²) in [4.78, 5) is 2.48. The van der Waals surface area contributed by atoms with Crippen LogP contribution in [0.15, 0.2) is 0 Å². The molecule has 11 heavy (non-hydrogen) atoms. The maximum Gasteiger partial charge on any atom is 0.0671 e. The Morgan fingerprint density at radius 3 is 2.18 bits per heavy atom. The highest BCUT2D eigenvalue weighted by Gasteiger charge is 2.39. The van der Waals surface area contributed by atoms with Crippen LogP contribution in [0.2, 0.25) is 0 Å². The molecule has 0 spiro atoms. The van der Waals surface area contributed by atoms with Gasteiger partial charge in [-0.25, -0.2) is 0 Å². The van der Waals surface area contributed by atoms with E-state index in [0.717, 1.165) is 17.8 Å². The van der Waals surface area contributed by atoms with E-state index in [2.05, 4.69) is 48.3 Å². The van der Waals surface area contributed by atoms with Crippen molar-refractivity contribution in [3.63, 3.8) is 0 Å². The van der Waals surface area contributed by atoms with Gasteiger partial charge < -0.3 is 4.74 Å². The van der Waals surface area contributed by atoms with E-state index in [1.54, 1.807) is 0 Å². The Morgan fingerprint density at radius 1 is 1.55 bits per heavy atom. The fraction of sp³-hybridized carbons (Fsp3) is 1.00.